The summed E-state index contributed by atoms with van der Waals surface area (Å²) in [6.07, 6.45) is 3.12. The molecule has 0 aliphatic heterocycles. The first-order valence-electron chi connectivity index (χ1n) is 5.89. The predicted octanol–water partition coefficient (Wildman–Crippen LogP) is 3.06. The lowest BCUT2D eigenvalue weighted by molar-refractivity contribution is 0.0950. The molecule has 5 nitrogen and oxygen atoms in total. The van der Waals surface area contributed by atoms with E-state index >= 15 is 0 Å². The number of amides is 1. The third-order valence-corrected chi connectivity index (χ3v) is 3.93. The van der Waals surface area contributed by atoms with Gasteiger partial charge in [-0.25, -0.2) is 5.43 Å². The molecule has 0 aliphatic rings. The number of halogens is 2. The number of pyridine rings is 1. The molecule has 1 heterocycles. The fourth-order valence-corrected chi connectivity index (χ4v) is 3.72. The van der Waals surface area contributed by atoms with Crippen molar-refractivity contribution in [3.8, 4) is 5.75 Å². The van der Waals surface area contributed by atoms with E-state index in [9.17, 15) is 4.79 Å². The van der Waals surface area contributed by atoms with Crippen molar-refractivity contribution in [3.05, 3.63) is 54.9 Å². The minimum atomic E-state index is -0.355. The quantitative estimate of drug-likeness (QED) is 0.394. The minimum absolute atomic E-state index is 0.318. The molecule has 1 N–H and O–H groups in total. The first kappa shape index (κ1) is 16.1. The Labute approximate surface area is 149 Å². The van der Waals surface area contributed by atoms with Crippen LogP contribution in [0.15, 0.2) is 41.6 Å². The lowest BCUT2D eigenvalue weighted by Crippen LogP contribution is -2.18. The molecular weight excluding hydrogens is 496 g/mol. The first-order valence-corrected chi connectivity index (χ1v) is 8.05. The molecule has 0 aliphatic carbocycles. The van der Waals surface area contributed by atoms with Crippen LogP contribution in [0.2, 0.25) is 0 Å². The Hall–Kier alpha value is -1.23. The molecule has 1 aromatic heterocycles. The minimum Gasteiger partial charge on any atom is -0.495 e. The number of aromatic nitrogens is 1. The molecule has 0 saturated carbocycles. The van der Waals surface area contributed by atoms with Crippen molar-refractivity contribution in [3.63, 3.8) is 0 Å². The number of hydrogen-bond acceptors (Lipinski definition) is 4. The zero-order chi connectivity index (χ0) is 15.2. The van der Waals surface area contributed by atoms with Gasteiger partial charge < -0.3 is 4.74 Å². The average molecular weight is 507 g/mol. The largest absolute Gasteiger partial charge is 0.495 e. The summed E-state index contributed by atoms with van der Waals surface area (Å²) in [6.45, 7) is 0. The van der Waals surface area contributed by atoms with Crippen molar-refractivity contribution < 1.29 is 9.53 Å². The number of ether oxygens (including phenoxy) is 1. The van der Waals surface area contributed by atoms with Crippen LogP contribution in [0, 0.1) is 7.14 Å². The maximum absolute atomic E-state index is 11.8. The summed E-state index contributed by atoms with van der Waals surface area (Å²) in [5.41, 5.74) is 3.56. The second-order valence-electron chi connectivity index (χ2n) is 3.92. The summed E-state index contributed by atoms with van der Waals surface area (Å²) in [5, 5.41) is 3.96. The van der Waals surface area contributed by atoms with E-state index < -0.39 is 0 Å². The fourth-order valence-electron chi connectivity index (χ4n) is 1.61. The van der Waals surface area contributed by atoms with Crippen LogP contribution in [0.25, 0.3) is 0 Å². The van der Waals surface area contributed by atoms with Crippen LogP contribution in [0.4, 0.5) is 0 Å². The number of carbonyl (C=O) groups excluding carboxylic acids is 1. The van der Waals surface area contributed by atoms with Gasteiger partial charge in [-0.2, -0.15) is 5.10 Å². The van der Waals surface area contributed by atoms with Crippen molar-refractivity contribution in [1.82, 2.24) is 10.4 Å². The van der Waals surface area contributed by atoms with Crippen LogP contribution in [0.1, 0.15) is 16.1 Å². The van der Waals surface area contributed by atoms with Gasteiger partial charge in [0.2, 0.25) is 0 Å². The van der Waals surface area contributed by atoms with Gasteiger partial charge in [0.05, 0.1) is 16.9 Å². The van der Waals surface area contributed by atoms with Gasteiger partial charge in [-0.1, -0.05) is 6.07 Å². The van der Waals surface area contributed by atoms with Crippen LogP contribution < -0.4 is 10.2 Å². The summed E-state index contributed by atoms with van der Waals surface area (Å²) < 4.78 is 7.40. The maximum atomic E-state index is 11.8. The third-order valence-electron chi connectivity index (χ3n) is 2.51. The van der Waals surface area contributed by atoms with Crippen LogP contribution in [-0.4, -0.2) is 24.2 Å². The van der Waals surface area contributed by atoms with Crippen LogP contribution >= 0.6 is 45.2 Å². The topological polar surface area (TPSA) is 63.6 Å². The molecule has 2 aromatic rings. The van der Waals surface area contributed by atoms with Crippen molar-refractivity contribution in [1.29, 1.82) is 0 Å². The summed E-state index contributed by atoms with van der Waals surface area (Å²) >= 11 is 4.42. The van der Waals surface area contributed by atoms with Gasteiger partial charge in [-0.15, -0.1) is 0 Å². The molecule has 21 heavy (non-hydrogen) atoms. The number of nitrogens with zero attached hydrogens (tertiary/aromatic N) is 2. The zero-order valence-electron chi connectivity index (χ0n) is 11.0. The Balaban J connectivity index is 2.13. The number of carbonyl (C=O) groups is 1. The molecular formula is C14H11I2N3O2. The number of hydrazone groups is 1. The number of nitrogens with one attached hydrogen (secondary N) is 1. The van der Waals surface area contributed by atoms with Crippen molar-refractivity contribution in [2.75, 3.05) is 7.11 Å². The molecule has 0 saturated heterocycles. The number of methoxy groups -OCH3 is 1. The van der Waals surface area contributed by atoms with E-state index in [0.29, 0.717) is 5.69 Å². The van der Waals surface area contributed by atoms with Gasteiger partial charge in [0.15, 0.2) is 0 Å². The molecule has 0 fully saturated rings. The van der Waals surface area contributed by atoms with Gasteiger partial charge in [-0.05, 0) is 69.4 Å². The summed E-state index contributed by atoms with van der Waals surface area (Å²) in [6, 6.07) is 9.05. The first-order chi connectivity index (χ1) is 10.1. The molecule has 0 spiro atoms. The molecule has 1 aromatic carbocycles. The lowest BCUT2D eigenvalue weighted by atomic mass is 10.2. The average Bonchev–Trinajstić information content (AvgIpc) is 2.47. The van der Waals surface area contributed by atoms with Gasteiger partial charge >= 0.3 is 0 Å². The van der Waals surface area contributed by atoms with Gasteiger partial charge in [-0.3, -0.25) is 9.78 Å². The Morgan fingerprint density at radius 3 is 2.86 bits per heavy atom. The molecule has 0 bridgehead atoms. The van der Waals surface area contributed by atoms with Crippen molar-refractivity contribution in [2.24, 2.45) is 5.10 Å². The van der Waals surface area contributed by atoms with E-state index in [2.05, 4.69) is 60.7 Å². The Kier molecular flexibility index (Phi) is 5.91. The van der Waals surface area contributed by atoms with Crippen molar-refractivity contribution in [2.45, 2.75) is 0 Å². The second kappa shape index (κ2) is 7.69. The smallest absolute Gasteiger partial charge is 0.289 e. The fraction of sp³-hybridized carbons (Fsp3) is 0.0714. The highest BCUT2D eigenvalue weighted by Crippen LogP contribution is 2.26. The Morgan fingerprint density at radius 1 is 1.38 bits per heavy atom. The van der Waals surface area contributed by atoms with Gasteiger partial charge in [0.1, 0.15) is 11.4 Å². The summed E-state index contributed by atoms with van der Waals surface area (Å²) in [7, 11) is 1.61. The van der Waals surface area contributed by atoms with E-state index in [1.54, 1.807) is 37.7 Å². The molecule has 2 rings (SSSR count). The SMILES string of the molecule is COc1c(I)cc(I)cc1/C=N/NC(=O)c1ccccn1. The van der Waals surface area contributed by atoms with E-state index in [0.717, 1.165) is 18.5 Å². The number of hydrogen-bond donors (Lipinski definition) is 1. The van der Waals surface area contributed by atoms with E-state index in [-0.39, 0.29) is 5.91 Å². The maximum Gasteiger partial charge on any atom is 0.289 e. The Morgan fingerprint density at radius 2 is 2.19 bits per heavy atom. The highest BCUT2D eigenvalue weighted by Gasteiger charge is 2.08. The third kappa shape index (κ3) is 4.37. The van der Waals surface area contributed by atoms with Gasteiger partial charge in [0.25, 0.3) is 5.91 Å². The van der Waals surface area contributed by atoms with E-state index in [4.69, 9.17) is 4.74 Å². The summed E-state index contributed by atoms with van der Waals surface area (Å²) in [5.74, 6) is 0.373. The van der Waals surface area contributed by atoms with E-state index in [1.165, 1.54) is 0 Å². The van der Waals surface area contributed by atoms with E-state index in [1.807, 2.05) is 12.1 Å². The molecule has 0 unspecified atom stereocenters. The van der Waals surface area contributed by atoms with Crippen LogP contribution in [0.5, 0.6) is 5.75 Å². The van der Waals surface area contributed by atoms with Gasteiger partial charge in [0, 0.05) is 15.3 Å². The number of benzene rings is 1. The highest BCUT2D eigenvalue weighted by atomic mass is 127. The number of rotatable bonds is 4. The molecule has 1 amide bonds. The second-order valence-corrected chi connectivity index (χ2v) is 6.33. The van der Waals surface area contributed by atoms with Crippen molar-refractivity contribution >= 4 is 57.3 Å². The van der Waals surface area contributed by atoms with Crippen LogP contribution in [0.3, 0.4) is 0 Å². The molecule has 108 valence electrons. The monoisotopic (exact) mass is 507 g/mol. The lowest BCUT2D eigenvalue weighted by Gasteiger charge is -2.07. The molecule has 7 heteroatoms. The zero-order valence-corrected chi connectivity index (χ0v) is 15.3. The molecule has 0 radical (unpaired) electrons. The standard InChI is InChI=1S/C14H11I2N3O2/c1-21-13-9(6-10(15)7-11(13)16)8-18-19-14(20)12-4-2-3-5-17-12/h2-8H,1H3,(H,19,20)/b18-8+. The Bertz CT molecular complexity index is 675. The highest BCUT2D eigenvalue weighted by molar-refractivity contribution is 14.1. The van der Waals surface area contributed by atoms with Crippen LogP contribution in [-0.2, 0) is 0 Å². The molecule has 0 atom stereocenters. The predicted molar refractivity (Wildman–Crippen MR) is 97.7 cm³/mol. The summed E-state index contributed by atoms with van der Waals surface area (Å²) in [4.78, 5) is 15.8. The normalized spacial score (nSPS) is 10.6.